The van der Waals surface area contributed by atoms with Crippen LogP contribution in [0.15, 0.2) is 27.6 Å². The van der Waals surface area contributed by atoms with Gasteiger partial charge in [-0.05, 0) is 31.5 Å². The highest BCUT2D eigenvalue weighted by atomic mass is 79.9. The van der Waals surface area contributed by atoms with Gasteiger partial charge in [-0.1, -0.05) is 29.8 Å². The molecule has 1 fully saturated rings. The molecule has 2 atom stereocenters. The summed E-state index contributed by atoms with van der Waals surface area (Å²) in [5, 5.41) is 0. The molecule has 0 radical (unpaired) electrons. The minimum absolute atomic E-state index is 0.0810. The predicted octanol–water partition coefficient (Wildman–Crippen LogP) is 2.51. The van der Waals surface area contributed by atoms with Crippen molar-refractivity contribution in [1.29, 1.82) is 0 Å². The summed E-state index contributed by atoms with van der Waals surface area (Å²) >= 11 is 3.27. The number of nitrogens with one attached hydrogen (secondary N) is 1. The molecule has 118 valence electrons. The third-order valence-electron chi connectivity index (χ3n) is 4.10. The molecule has 1 saturated carbocycles. The molecule has 0 saturated heterocycles. The van der Waals surface area contributed by atoms with Gasteiger partial charge in [0.2, 0.25) is 10.0 Å². The molecule has 5 nitrogen and oxygen atoms in total. The standard InChI is InChI=1S/C14H21BrN2O3S/c1-4-20-13-8-12(14(13,2)3)17-21(18,19)11-6-5-9(15)7-10(11)16/h5-7,12-13,17H,4,8,16H2,1-3H3. The van der Waals surface area contributed by atoms with Crippen molar-refractivity contribution in [3.05, 3.63) is 22.7 Å². The number of hydrogen-bond donors (Lipinski definition) is 2. The highest BCUT2D eigenvalue weighted by molar-refractivity contribution is 9.10. The summed E-state index contributed by atoms with van der Waals surface area (Å²) in [7, 11) is -3.63. The fourth-order valence-electron chi connectivity index (χ4n) is 2.58. The molecule has 0 aliphatic heterocycles. The fraction of sp³-hybridized carbons (Fsp3) is 0.571. The van der Waals surface area contributed by atoms with Gasteiger partial charge in [0.15, 0.2) is 0 Å². The van der Waals surface area contributed by atoms with Crippen molar-refractivity contribution in [1.82, 2.24) is 4.72 Å². The lowest BCUT2D eigenvalue weighted by Crippen LogP contribution is -2.61. The molecule has 1 aromatic rings. The maximum Gasteiger partial charge on any atom is 0.242 e. The van der Waals surface area contributed by atoms with E-state index in [-0.39, 0.29) is 28.1 Å². The van der Waals surface area contributed by atoms with Gasteiger partial charge in [0.1, 0.15) is 4.90 Å². The third-order valence-corrected chi connectivity index (χ3v) is 6.14. The summed E-state index contributed by atoms with van der Waals surface area (Å²) in [5.41, 5.74) is 5.81. The Morgan fingerprint density at radius 3 is 2.67 bits per heavy atom. The van der Waals surface area contributed by atoms with Crippen molar-refractivity contribution < 1.29 is 13.2 Å². The van der Waals surface area contributed by atoms with Crippen LogP contribution in [0.1, 0.15) is 27.2 Å². The molecule has 0 heterocycles. The van der Waals surface area contributed by atoms with Crippen molar-refractivity contribution in [2.45, 2.75) is 44.2 Å². The molecule has 1 aliphatic rings. The van der Waals surface area contributed by atoms with Gasteiger partial charge in [-0.3, -0.25) is 0 Å². The van der Waals surface area contributed by atoms with Crippen LogP contribution in [0.4, 0.5) is 5.69 Å². The van der Waals surface area contributed by atoms with Crippen LogP contribution in [-0.4, -0.2) is 27.2 Å². The molecule has 21 heavy (non-hydrogen) atoms. The molecular formula is C14H21BrN2O3S. The molecule has 0 aromatic heterocycles. The summed E-state index contributed by atoms with van der Waals surface area (Å²) < 4.78 is 34.1. The molecule has 1 aromatic carbocycles. The Balaban J connectivity index is 2.16. The molecular weight excluding hydrogens is 356 g/mol. The zero-order valence-corrected chi connectivity index (χ0v) is 14.8. The molecule has 7 heteroatoms. The van der Waals surface area contributed by atoms with Gasteiger partial charge >= 0.3 is 0 Å². The van der Waals surface area contributed by atoms with Gasteiger partial charge < -0.3 is 10.5 Å². The number of sulfonamides is 1. The number of nitrogens with two attached hydrogens (primary N) is 1. The molecule has 3 N–H and O–H groups in total. The highest BCUT2D eigenvalue weighted by Crippen LogP contribution is 2.43. The van der Waals surface area contributed by atoms with Gasteiger partial charge in [0.05, 0.1) is 11.8 Å². The van der Waals surface area contributed by atoms with Crippen LogP contribution in [0.25, 0.3) is 0 Å². The van der Waals surface area contributed by atoms with Gasteiger partial charge in [0, 0.05) is 22.5 Å². The lowest BCUT2D eigenvalue weighted by Gasteiger charge is -2.51. The first-order valence-electron chi connectivity index (χ1n) is 6.87. The van der Waals surface area contributed by atoms with E-state index in [1.54, 1.807) is 12.1 Å². The van der Waals surface area contributed by atoms with Crippen molar-refractivity contribution in [3.63, 3.8) is 0 Å². The van der Waals surface area contributed by atoms with E-state index in [1.807, 2.05) is 20.8 Å². The Hall–Kier alpha value is -0.630. The van der Waals surface area contributed by atoms with Gasteiger partial charge in [-0.2, -0.15) is 0 Å². The quantitative estimate of drug-likeness (QED) is 0.773. The van der Waals surface area contributed by atoms with Crippen LogP contribution in [-0.2, 0) is 14.8 Å². The Morgan fingerprint density at radius 2 is 2.14 bits per heavy atom. The van der Waals surface area contributed by atoms with Crippen molar-refractivity contribution in [3.8, 4) is 0 Å². The maximum atomic E-state index is 12.5. The van der Waals surface area contributed by atoms with Crippen LogP contribution < -0.4 is 10.5 Å². The van der Waals surface area contributed by atoms with Crippen LogP contribution >= 0.6 is 15.9 Å². The Bertz CT molecular complexity index is 631. The number of halogens is 1. The van der Waals surface area contributed by atoms with E-state index in [0.717, 1.165) is 4.47 Å². The van der Waals surface area contributed by atoms with Crippen molar-refractivity contribution >= 4 is 31.6 Å². The topological polar surface area (TPSA) is 81.4 Å². The minimum Gasteiger partial charge on any atom is -0.398 e. The van der Waals surface area contributed by atoms with E-state index in [2.05, 4.69) is 20.7 Å². The summed E-state index contributed by atoms with van der Waals surface area (Å²) in [6, 6.07) is 4.61. The first-order valence-corrected chi connectivity index (χ1v) is 9.15. The number of benzene rings is 1. The fourth-order valence-corrected chi connectivity index (χ4v) is 4.48. The van der Waals surface area contributed by atoms with Gasteiger partial charge in [0.25, 0.3) is 0 Å². The predicted molar refractivity (Wildman–Crippen MR) is 86.5 cm³/mol. The van der Waals surface area contributed by atoms with E-state index in [0.29, 0.717) is 13.0 Å². The average Bonchev–Trinajstić information content (AvgIpc) is 2.37. The van der Waals surface area contributed by atoms with Crippen LogP contribution in [0.2, 0.25) is 0 Å². The number of hydrogen-bond acceptors (Lipinski definition) is 4. The van der Waals surface area contributed by atoms with Gasteiger partial charge in [-0.15, -0.1) is 0 Å². The SMILES string of the molecule is CCOC1CC(NS(=O)(=O)c2ccc(Br)cc2N)C1(C)C. The third kappa shape index (κ3) is 3.26. The van der Waals surface area contributed by atoms with E-state index >= 15 is 0 Å². The summed E-state index contributed by atoms with van der Waals surface area (Å²) in [5.74, 6) is 0. The average molecular weight is 377 g/mol. The Labute approximate surface area is 134 Å². The highest BCUT2D eigenvalue weighted by Gasteiger charge is 2.50. The van der Waals surface area contributed by atoms with Crippen molar-refractivity contribution in [2.24, 2.45) is 5.41 Å². The molecule has 0 amide bonds. The molecule has 2 unspecified atom stereocenters. The minimum atomic E-state index is -3.63. The zero-order valence-electron chi connectivity index (χ0n) is 12.4. The summed E-state index contributed by atoms with van der Waals surface area (Å²) in [6.07, 6.45) is 0.758. The maximum absolute atomic E-state index is 12.5. The molecule has 2 rings (SSSR count). The molecule has 1 aliphatic carbocycles. The Morgan fingerprint density at radius 1 is 1.48 bits per heavy atom. The number of anilines is 1. The normalized spacial score (nSPS) is 24.6. The van der Waals surface area contributed by atoms with E-state index < -0.39 is 10.0 Å². The summed E-state index contributed by atoms with van der Waals surface area (Å²) in [4.78, 5) is 0.112. The first kappa shape index (κ1) is 16.7. The summed E-state index contributed by atoms with van der Waals surface area (Å²) in [6.45, 7) is 6.59. The smallest absolute Gasteiger partial charge is 0.242 e. The number of ether oxygens (including phenoxy) is 1. The van der Waals surface area contributed by atoms with E-state index in [1.165, 1.54) is 6.07 Å². The van der Waals surface area contributed by atoms with E-state index in [4.69, 9.17) is 10.5 Å². The molecule has 0 spiro atoms. The largest absolute Gasteiger partial charge is 0.398 e. The second kappa shape index (κ2) is 5.87. The number of nitrogen functional groups attached to an aromatic ring is 1. The van der Waals surface area contributed by atoms with Gasteiger partial charge in [-0.25, -0.2) is 13.1 Å². The van der Waals surface area contributed by atoms with Crippen molar-refractivity contribution in [2.75, 3.05) is 12.3 Å². The zero-order chi connectivity index (χ0) is 15.8. The second-order valence-electron chi connectivity index (χ2n) is 5.86. The Kier molecular flexibility index (Phi) is 4.68. The van der Waals surface area contributed by atoms with E-state index in [9.17, 15) is 8.42 Å². The van der Waals surface area contributed by atoms with Crippen LogP contribution in [0.3, 0.4) is 0 Å². The first-order chi connectivity index (χ1) is 9.68. The van der Waals surface area contributed by atoms with Crippen LogP contribution in [0.5, 0.6) is 0 Å². The second-order valence-corrected chi connectivity index (χ2v) is 8.46. The lowest BCUT2D eigenvalue weighted by molar-refractivity contribution is -0.108. The molecule has 0 bridgehead atoms. The monoisotopic (exact) mass is 376 g/mol. The lowest BCUT2D eigenvalue weighted by atomic mass is 9.65. The number of rotatable bonds is 5. The van der Waals surface area contributed by atoms with Crippen LogP contribution in [0, 0.1) is 5.41 Å².